The number of esters is 1. The highest BCUT2D eigenvalue weighted by molar-refractivity contribution is 7.84. The summed E-state index contributed by atoms with van der Waals surface area (Å²) in [6.07, 6.45) is 1.59. The molecule has 0 aliphatic heterocycles. The first-order valence-corrected chi connectivity index (χ1v) is 9.49. The molecule has 0 radical (unpaired) electrons. The first-order chi connectivity index (χ1) is 11.7. The molecular weight excluding hydrogens is 336 g/mol. The number of aryl methyl sites for hydroxylation is 2. The van der Waals surface area contributed by atoms with Gasteiger partial charge in [0.2, 0.25) is 0 Å². The lowest BCUT2D eigenvalue weighted by atomic mass is 9.92. The van der Waals surface area contributed by atoms with Gasteiger partial charge in [0.1, 0.15) is 6.61 Å². The Bertz CT molecular complexity index is 851. The predicted molar refractivity (Wildman–Crippen MR) is 98.6 cm³/mol. The highest BCUT2D eigenvalue weighted by atomic mass is 32.2. The summed E-state index contributed by atoms with van der Waals surface area (Å²) in [7, 11) is -1.08. The summed E-state index contributed by atoms with van der Waals surface area (Å²) in [4.78, 5) is 24.8. The molecule has 25 heavy (non-hydrogen) atoms. The molecule has 0 aliphatic rings. The van der Waals surface area contributed by atoms with Crippen molar-refractivity contribution in [2.24, 2.45) is 0 Å². The molecule has 0 heterocycles. The van der Waals surface area contributed by atoms with Gasteiger partial charge in [0.25, 0.3) is 0 Å². The molecule has 0 amide bonds. The zero-order valence-electron chi connectivity index (χ0n) is 15.1. The van der Waals surface area contributed by atoms with Crippen LogP contribution in [0.25, 0.3) is 0 Å². The molecule has 132 valence electrons. The van der Waals surface area contributed by atoms with Crippen molar-refractivity contribution in [2.45, 2.75) is 39.2 Å². The van der Waals surface area contributed by atoms with E-state index in [4.69, 9.17) is 4.74 Å². The van der Waals surface area contributed by atoms with Crippen LogP contribution in [0.4, 0.5) is 0 Å². The van der Waals surface area contributed by atoms with Gasteiger partial charge < -0.3 is 4.74 Å². The van der Waals surface area contributed by atoms with Crippen molar-refractivity contribution in [1.82, 2.24) is 0 Å². The maximum absolute atomic E-state index is 12.2. The Morgan fingerprint density at radius 2 is 1.64 bits per heavy atom. The molecule has 0 bridgehead atoms. The lowest BCUT2D eigenvalue weighted by Crippen LogP contribution is -2.10. The van der Waals surface area contributed by atoms with Crippen molar-refractivity contribution >= 4 is 22.6 Å². The summed E-state index contributed by atoms with van der Waals surface area (Å²) >= 11 is 0. The Balaban J connectivity index is 2.21. The summed E-state index contributed by atoms with van der Waals surface area (Å²) in [6.45, 7) is 7.38. The first kappa shape index (κ1) is 19.1. The second-order valence-electron chi connectivity index (χ2n) is 6.10. The molecule has 0 aliphatic carbocycles. The second-order valence-corrected chi connectivity index (χ2v) is 7.48. The topological polar surface area (TPSA) is 60.4 Å². The van der Waals surface area contributed by atoms with Gasteiger partial charge in [-0.1, -0.05) is 6.07 Å². The normalized spacial score (nSPS) is 11.9. The molecule has 0 fully saturated rings. The molecule has 5 heteroatoms. The fourth-order valence-electron chi connectivity index (χ4n) is 2.99. The van der Waals surface area contributed by atoms with Crippen LogP contribution in [0.3, 0.4) is 0 Å². The summed E-state index contributed by atoms with van der Waals surface area (Å²) in [5.74, 6) is -0.442. The fraction of sp³-hybridized carbons (Fsp3) is 0.300. The summed E-state index contributed by atoms with van der Waals surface area (Å²) in [5, 5.41) is 0. The molecule has 1 atom stereocenters. The number of hydrogen-bond acceptors (Lipinski definition) is 4. The third kappa shape index (κ3) is 4.23. The van der Waals surface area contributed by atoms with Gasteiger partial charge in [-0.3, -0.25) is 9.00 Å². The van der Waals surface area contributed by atoms with Gasteiger partial charge >= 0.3 is 5.97 Å². The minimum absolute atomic E-state index is 0.00531. The maximum atomic E-state index is 12.2. The van der Waals surface area contributed by atoms with E-state index in [-0.39, 0.29) is 12.4 Å². The molecule has 1 unspecified atom stereocenters. The Morgan fingerprint density at radius 3 is 2.16 bits per heavy atom. The van der Waals surface area contributed by atoms with Crippen LogP contribution in [0.2, 0.25) is 0 Å². The third-order valence-electron chi connectivity index (χ3n) is 4.25. The molecule has 0 spiro atoms. The molecule has 0 saturated heterocycles. The standard InChI is InChI=1S/C20H22O4S/c1-12-10-13(2)19(15(4)21)14(3)18(12)11-24-20(22)16-6-8-17(9-7-16)25(5)23/h6-10H,11H2,1-5H3. The molecule has 0 N–H and O–H groups in total. The number of ketones is 1. The highest BCUT2D eigenvalue weighted by Gasteiger charge is 2.16. The average molecular weight is 358 g/mol. The van der Waals surface area contributed by atoms with E-state index in [0.717, 1.165) is 22.3 Å². The molecule has 0 aromatic heterocycles. The quantitative estimate of drug-likeness (QED) is 0.601. The van der Waals surface area contributed by atoms with Crippen molar-refractivity contribution < 1.29 is 18.5 Å². The van der Waals surface area contributed by atoms with Gasteiger partial charge in [-0.05, 0) is 74.2 Å². The van der Waals surface area contributed by atoms with Crippen LogP contribution < -0.4 is 0 Å². The van der Waals surface area contributed by atoms with Crippen LogP contribution in [-0.2, 0) is 22.1 Å². The Labute approximate surface area is 150 Å². The van der Waals surface area contributed by atoms with Crippen molar-refractivity contribution in [1.29, 1.82) is 0 Å². The van der Waals surface area contributed by atoms with Crippen LogP contribution in [-0.4, -0.2) is 22.2 Å². The Kier molecular flexibility index (Phi) is 5.90. The molecule has 4 nitrogen and oxygen atoms in total. The van der Waals surface area contributed by atoms with Crippen LogP contribution in [0.1, 0.15) is 49.9 Å². The van der Waals surface area contributed by atoms with Gasteiger partial charge in [0, 0.05) is 27.5 Å². The zero-order valence-corrected chi connectivity index (χ0v) is 16.0. The van der Waals surface area contributed by atoms with E-state index < -0.39 is 16.8 Å². The Morgan fingerprint density at radius 1 is 1.04 bits per heavy atom. The van der Waals surface area contributed by atoms with E-state index in [2.05, 4.69) is 0 Å². The predicted octanol–water partition coefficient (Wildman–Crippen LogP) is 3.91. The van der Waals surface area contributed by atoms with E-state index in [1.807, 2.05) is 26.8 Å². The Hall–Kier alpha value is -2.27. The number of hydrogen-bond donors (Lipinski definition) is 0. The zero-order chi connectivity index (χ0) is 18.7. The molecule has 2 rings (SSSR count). The summed E-state index contributed by atoms with van der Waals surface area (Å²) < 4.78 is 16.8. The van der Waals surface area contributed by atoms with Gasteiger partial charge in [-0.2, -0.15) is 0 Å². The minimum atomic E-state index is -1.08. The molecule has 2 aromatic rings. The lowest BCUT2D eigenvalue weighted by molar-refractivity contribution is 0.0471. The monoisotopic (exact) mass is 358 g/mol. The van der Waals surface area contributed by atoms with Gasteiger partial charge in [0.15, 0.2) is 5.78 Å². The summed E-state index contributed by atoms with van der Waals surface area (Å²) in [6, 6.07) is 8.47. The van der Waals surface area contributed by atoms with Crippen LogP contribution >= 0.6 is 0 Å². The van der Waals surface area contributed by atoms with E-state index in [1.54, 1.807) is 37.4 Å². The number of benzene rings is 2. The van der Waals surface area contributed by atoms with E-state index in [0.29, 0.717) is 16.0 Å². The van der Waals surface area contributed by atoms with Crippen LogP contribution in [0, 0.1) is 20.8 Å². The number of carbonyl (C=O) groups is 2. The van der Waals surface area contributed by atoms with Gasteiger partial charge in [-0.25, -0.2) is 4.79 Å². The second kappa shape index (κ2) is 7.74. The third-order valence-corrected chi connectivity index (χ3v) is 5.19. The average Bonchev–Trinajstić information content (AvgIpc) is 2.53. The van der Waals surface area contributed by atoms with Crippen LogP contribution in [0.15, 0.2) is 35.2 Å². The maximum Gasteiger partial charge on any atom is 0.338 e. The minimum Gasteiger partial charge on any atom is -0.457 e. The molecule has 2 aromatic carbocycles. The van der Waals surface area contributed by atoms with Gasteiger partial charge in [-0.15, -0.1) is 0 Å². The largest absolute Gasteiger partial charge is 0.457 e. The smallest absolute Gasteiger partial charge is 0.338 e. The number of rotatable bonds is 5. The van der Waals surface area contributed by atoms with E-state index in [9.17, 15) is 13.8 Å². The number of ether oxygens (including phenoxy) is 1. The van der Waals surface area contributed by atoms with Crippen molar-refractivity contribution in [3.63, 3.8) is 0 Å². The van der Waals surface area contributed by atoms with E-state index in [1.165, 1.54) is 0 Å². The van der Waals surface area contributed by atoms with Crippen molar-refractivity contribution in [2.75, 3.05) is 6.26 Å². The fourth-order valence-corrected chi connectivity index (χ4v) is 3.51. The number of Topliss-reactive ketones (excluding diaryl/α,β-unsaturated/α-hetero) is 1. The molecule has 0 saturated carbocycles. The highest BCUT2D eigenvalue weighted by Crippen LogP contribution is 2.24. The molecular formula is C20H22O4S. The number of carbonyl (C=O) groups excluding carboxylic acids is 2. The van der Waals surface area contributed by atoms with Gasteiger partial charge in [0.05, 0.1) is 5.56 Å². The lowest BCUT2D eigenvalue weighted by Gasteiger charge is -2.16. The van der Waals surface area contributed by atoms with E-state index >= 15 is 0 Å². The first-order valence-electron chi connectivity index (χ1n) is 7.93. The van der Waals surface area contributed by atoms with Crippen molar-refractivity contribution in [3.05, 3.63) is 63.7 Å². The van der Waals surface area contributed by atoms with Crippen LogP contribution in [0.5, 0.6) is 0 Å². The summed E-state index contributed by atoms with van der Waals surface area (Å²) in [5.41, 5.74) is 4.73. The van der Waals surface area contributed by atoms with Crippen molar-refractivity contribution in [3.8, 4) is 0 Å². The SMILES string of the molecule is CC(=O)c1c(C)cc(C)c(COC(=O)c2ccc(S(C)=O)cc2)c1C.